The van der Waals surface area contributed by atoms with Gasteiger partial charge in [-0.15, -0.1) is 0 Å². The Balaban J connectivity index is 2.00. The molecule has 0 fully saturated rings. The molecular weight excluding hydrogens is 260 g/mol. The lowest BCUT2D eigenvalue weighted by atomic mass is 9.97. The number of amidine groups is 1. The fraction of sp³-hybridized carbons (Fsp3) is 0.278. The predicted molar refractivity (Wildman–Crippen MR) is 86.4 cm³/mol. The van der Waals surface area contributed by atoms with Gasteiger partial charge in [0.1, 0.15) is 11.6 Å². The molecule has 1 aliphatic rings. The van der Waals surface area contributed by atoms with E-state index in [1.54, 1.807) is 7.11 Å². The number of methoxy groups -OCH3 is 1. The molecule has 0 amide bonds. The van der Waals surface area contributed by atoms with Gasteiger partial charge < -0.3 is 9.64 Å². The minimum atomic E-state index is 0.295. The van der Waals surface area contributed by atoms with Gasteiger partial charge in [-0.3, -0.25) is 0 Å². The molecule has 0 aromatic heterocycles. The van der Waals surface area contributed by atoms with E-state index in [0.717, 1.165) is 23.7 Å². The highest BCUT2D eigenvalue weighted by atomic mass is 16.5. The Labute approximate surface area is 125 Å². The van der Waals surface area contributed by atoms with Gasteiger partial charge in [0.25, 0.3) is 0 Å². The highest BCUT2D eigenvalue weighted by Crippen LogP contribution is 2.33. The maximum absolute atomic E-state index is 5.25. The van der Waals surface area contributed by atoms with Gasteiger partial charge in [0.15, 0.2) is 0 Å². The molecule has 0 spiro atoms. The van der Waals surface area contributed by atoms with Crippen LogP contribution < -0.4 is 4.74 Å². The second kappa shape index (κ2) is 5.60. The zero-order valence-corrected chi connectivity index (χ0v) is 12.7. The summed E-state index contributed by atoms with van der Waals surface area (Å²) in [4.78, 5) is 7.00. The van der Waals surface area contributed by atoms with Crippen molar-refractivity contribution in [1.82, 2.24) is 4.90 Å². The fourth-order valence-corrected chi connectivity index (χ4v) is 2.78. The molecule has 2 aromatic carbocycles. The molecule has 1 atom stereocenters. The van der Waals surface area contributed by atoms with Crippen LogP contribution in [0.5, 0.6) is 5.75 Å². The Morgan fingerprint density at radius 3 is 2.52 bits per heavy atom. The summed E-state index contributed by atoms with van der Waals surface area (Å²) in [6.07, 6.45) is 0.958. The molecular formula is C18H20N2O. The average Bonchev–Trinajstić information content (AvgIpc) is 2.65. The Bertz CT molecular complexity index is 661. The standard InChI is InChI=1S/C18H20N2O/c1-13-19-17-7-5-4-6-15(17)12-18(20(13)2)14-8-10-16(21-3)11-9-14/h4-11,18H,12H2,1-3H3. The minimum Gasteiger partial charge on any atom is -0.497 e. The van der Waals surface area contributed by atoms with Gasteiger partial charge in [0, 0.05) is 7.05 Å². The lowest BCUT2D eigenvalue weighted by Crippen LogP contribution is -2.29. The highest BCUT2D eigenvalue weighted by Gasteiger charge is 2.23. The summed E-state index contributed by atoms with van der Waals surface area (Å²) in [5.74, 6) is 1.93. The van der Waals surface area contributed by atoms with Crippen LogP contribution in [0.4, 0.5) is 5.69 Å². The lowest BCUT2D eigenvalue weighted by Gasteiger charge is -2.28. The van der Waals surface area contributed by atoms with Gasteiger partial charge in [0.05, 0.1) is 18.8 Å². The Morgan fingerprint density at radius 1 is 1.10 bits per heavy atom. The highest BCUT2D eigenvalue weighted by molar-refractivity contribution is 5.84. The molecule has 1 unspecified atom stereocenters. The van der Waals surface area contributed by atoms with E-state index in [2.05, 4.69) is 49.2 Å². The van der Waals surface area contributed by atoms with E-state index in [0.29, 0.717) is 6.04 Å². The van der Waals surface area contributed by atoms with Crippen molar-refractivity contribution in [2.24, 2.45) is 4.99 Å². The van der Waals surface area contributed by atoms with Crippen molar-refractivity contribution >= 4 is 11.5 Å². The van der Waals surface area contributed by atoms with Crippen molar-refractivity contribution in [1.29, 1.82) is 0 Å². The predicted octanol–water partition coefficient (Wildman–Crippen LogP) is 3.97. The third-order valence-corrected chi connectivity index (χ3v) is 4.17. The summed E-state index contributed by atoms with van der Waals surface area (Å²) in [6.45, 7) is 2.07. The van der Waals surface area contributed by atoms with Crippen molar-refractivity contribution in [3.8, 4) is 5.75 Å². The first kappa shape index (κ1) is 13.7. The first-order valence-corrected chi connectivity index (χ1v) is 7.19. The molecule has 3 heteroatoms. The molecule has 0 N–H and O–H groups in total. The SMILES string of the molecule is COc1ccc(C2Cc3ccccc3N=C(C)N2C)cc1. The molecule has 3 rings (SSSR count). The number of hydrogen-bond acceptors (Lipinski definition) is 3. The number of hydrogen-bond donors (Lipinski definition) is 0. The maximum Gasteiger partial charge on any atom is 0.118 e. The van der Waals surface area contributed by atoms with Crippen LogP contribution in [0.25, 0.3) is 0 Å². The Morgan fingerprint density at radius 2 is 1.81 bits per heavy atom. The van der Waals surface area contributed by atoms with Crippen LogP contribution in [-0.4, -0.2) is 24.9 Å². The minimum absolute atomic E-state index is 0.295. The quantitative estimate of drug-likeness (QED) is 0.831. The molecule has 0 bridgehead atoms. The van der Waals surface area contributed by atoms with Crippen LogP contribution in [0.1, 0.15) is 24.1 Å². The Hall–Kier alpha value is -2.29. The van der Waals surface area contributed by atoms with Crippen LogP contribution in [0.3, 0.4) is 0 Å². The van der Waals surface area contributed by atoms with Gasteiger partial charge in [-0.2, -0.15) is 0 Å². The van der Waals surface area contributed by atoms with E-state index >= 15 is 0 Å². The smallest absolute Gasteiger partial charge is 0.118 e. The van der Waals surface area contributed by atoms with Crippen LogP contribution >= 0.6 is 0 Å². The monoisotopic (exact) mass is 280 g/mol. The number of likely N-dealkylation sites (N-methyl/N-ethyl adjacent to an activating group) is 1. The lowest BCUT2D eigenvalue weighted by molar-refractivity contribution is 0.373. The molecule has 1 aliphatic heterocycles. The van der Waals surface area contributed by atoms with E-state index in [4.69, 9.17) is 9.73 Å². The van der Waals surface area contributed by atoms with Crippen molar-refractivity contribution in [2.75, 3.05) is 14.2 Å². The van der Waals surface area contributed by atoms with Gasteiger partial charge in [-0.05, 0) is 42.7 Å². The molecule has 3 nitrogen and oxygen atoms in total. The van der Waals surface area contributed by atoms with Crippen molar-refractivity contribution < 1.29 is 4.74 Å². The summed E-state index contributed by atoms with van der Waals surface area (Å²) in [6, 6.07) is 17.0. The normalized spacial score (nSPS) is 17.8. The number of fused-ring (bicyclic) bond motifs is 1. The summed E-state index contributed by atoms with van der Waals surface area (Å²) in [5.41, 5.74) is 3.66. The van der Waals surface area contributed by atoms with Gasteiger partial charge in [-0.25, -0.2) is 4.99 Å². The number of benzene rings is 2. The second-order valence-corrected chi connectivity index (χ2v) is 5.39. The largest absolute Gasteiger partial charge is 0.497 e. The first-order chi connectivity index (χ1) is 10.2. The van der Waals surface area contributed by atoms with Gasteiger partial charge >= 0.3 is 0 Å². The summed E-state index contributed by atoms with van der Waals surface area (Å²) < 4.78 is 5.25. The average molecular weight is 280 g/mol. The number of aliphatic imine (C=N–C) groups is 1. The fourth-order valence-electron chi connectivity index (χ4n) is 2.78. The first-order valence-electron chi connectivity index (χ1n) is 7.19. The number of nitrogens with zero attached hydrogens (tertiary/aromatic N) is 2. The van der Waals surface area contributed by atoms with Crippen molar-refractivity contribution in [3.05, 3.63) is 59.7 Å². The van der Waals surface area contributed by atoms with Crippen LogP contribution in [0.2, 0.25) is 0 Å². The third kappa shape index (κ3) is 2.64. The maximum atomic E-state index is 5.25. The molecule has 0 saturated carbocycles. The molecule has 0 aliphatic carbocycles. The number of para-hydroxylation sites is 1. The van der Waals surface area contributed by atoms with E-state index in [1.807, 2.05) is 18.2 Å². The molecule has 21 heavy (non-hydrogen) atoms. The van der Waals surface area contributed by atoms with Crippen molar-refractivity contribution in [2.45, 2.75) is 19.4 Å². The molecule has 0 radical (unpaired) electrons. The number of rotatable bonds is 2. The van der Waals surface area contributed by atoms with E-state index in [-0.39, 0.29) is 0 Å². The van der Waals surface area contributed by atoms with Gasteiger partial charge in [0.2, 0.25) is 0 Å². The molecule has 1 heterocycles. The van der Waals surface area contributed by atoms with Crippen LogP contribution in [0, 0.1) is 0 Å². The van der Waals surface area contributed by atoms with E-state index < -0.39 is 0 Å². The number of ether oxygens (including phenoxy) is 1. The van der Waals surface area contributed by atoms with Gasteiger partial charge in [-0.1, -0.05) is 30.3 Å². The van der Waals surface area contributed by atoms with E-state index in [1.165, 1.54) is 11.1 Å². The van der Waals surface area contributed by atoms with E-state index in [9.17, 15) is 0 Å². The topological polar surface area (TPSA) is 24.8 Å². The van der Waals surface area contributed by atoms with Crippen molar-refractivity contribution in [3.63, 3.8) is 0 Å². The zero-order chi connectivity index (χ0) is 14.8. The molecule has 2 aromatic rings. The molecule has 0 saturated heterocycles. The second-order valence-electron chi connectivity index (χ2n) is 5.39. The van der Waals surface area contributed by atoms with Crippen LogP contribution in [-0.2, 0) is 6.42 Å². The summed E-state index contributed by atoms with van der Waals surface area (Å²) >= 11 is 0. The molecule has 108 valence electrons. The third-order valence-electron chi connectivity index (χ3n) is 4.17. The van der Waals surface area contributed by atoms with Crippen LogP contribution in [0.15, 0.2) is 53.5 Å². The summed E-state index contributed by atoms with van der Waals surface area (Å²) in [7, 11) is 3.81. The Kier molecular flexibility index (Phi) is 3.65. The summed E-state index contributed by atoms with van der Waals surface area (Å²) in [5, 5.41) is 0. The zero-order valence-electron chi connectivity index (χ0n) is 12.7.